The summed E-state index contributed by atoms with van der Waals surface area (Å²) in [6.45, 7) is 1.74. The maximum absolute atomic E-state index is 8.95. The number of hydrogen-bond donors (Lipinski definition) is 6. The van der Waals surface area contributed by atoms with E-state index in [1.165, 1.54) is 6.08 Å². The molecule has 0 aromatic rings. The minimum Gasteiger partial charge on any atom is -0.327 e. The highest BCUT2D eigenvalue weighted by molar-refractivity contribution is 7.67. The summed E-state index contributed by atoms with van der Waals surface area (Å²) < 4.78 is 8.15. The first kappa shape index (κ1) is 15.3. The highest BCUT2D eigenvalue weighted by Gasteiger charge is 2.57. The Bertz CT molecular complexity index is 226. The van der Waals surface area contributed by atoms with Crippen molar-refractivity contribution in [3.05, 3.63) is 11.6 Å². The molecule has 0 aromatic heterocycles. The van der Waals surface area contributed by atoms with Gasteiger partial charge < -0.3 is 5.73 Å². The van der Waals surface area contributed by atoms with Crippen LogP contribution in [0.15, 0.2) is 11.6 Å². The van der Waals surface area contributed by atoms with Gasteiger partial charge in [0, 0.05) is 6.54 Å². The molecule has 0 unspecified atom stereocenters. The van der Waals surface area contributed by atoms with Crippen LogP contribution in [0.1, 0.15) is 6.92 Å². The van der Waals surface area contributed by atoms with E-state index in [0.717, 1.165) is 5.57 Å². The molecule has 0 aromatic carbocycles. The topological polar surface area (TPSA) is 146 Å². The van der Waals surface area contributed by atoms with Gasteiger partial charge in [-0.1, -0.05) is 11.6 Å². The van der Waals surface area contributed by atoms with Crippen molar-refractivity contribution >= 4 is 16.3 Å². The molecule has 0 bridgehead atoms. The molecule has 0 spiro atoms. The van der Waals surface area contributed by atoms with E-state index in [4.69, 9.17) is 30.2 Å². The van der Waals surface area contributed by atoms with Crippen molar-refractivity contribution in [1.82, 2.24) is 0 Å². The van der Waals surface area contributed by atoms with Gasteiger partial charge in [0.15, 0.2) is 0 Å². The van der Waals surface area contributed by atoms with Gasteiger partial charge in [-0.15, -0.1) is 4.52 Å². The SMILES string of the molecule is C/C(=C\CO[P+](O)(O)O[P+](O)(O)O)CN. The van der Waals surface area contributed by atoms with E-state index >= 15 is 0 Å². The summed E-state index contributed by atoms with van der Waals surface area (Å²) in [7, 11) is -9.15. The van der Waals surface area contributed by atoms with Crippen LogP contribution in [0.25, 0.3) is 0 Å². The molecule has 10 heteroatoms. The molecule has 0 saturated carbocycles. The van der Waals surface area contributed by atoms with Crippen molar-refractivity contribution in [2.45, 2.75) is 6.92 Å². The molecule has 0 saturated heterocycles. The second kappa shape index (κ2) is 6.12. The standard InChI is InChI=1S/C5H15NO7P2/c1-5(4-6)2-3-12-15(10,11)13-14(7,8)9/h2,7-11H,3-4,6H2,1H3/q+2/b5-2+. The lowest BCUT2D eigenvalue weighted by Gasteiger charge is -2.06. The normalized spacial score (nSPS) is 14.5. The number of hydrogen-bond acceptors (Lipinski definition) is 8. The molecule has 90 valence electrons. The van der Waals surface area contributed by atoms with Crippen molar-refractivity contribution in [3.8, 4) is 0 Å². The Morgan fingerprint density at radius 1 is 1.27 bits per heavy atom. The summed E-state index contributed by atoms with van der Waals surface area (Å²) in [5.41, 5.74) is 5.98. The monoisotopic (exact) mass is 263 g/mol. The van der Waals surface area contributed by atoms with Crippen LogP contribution in [0.3, 0.4) is 0 Å². The van der Waals surface area contributed by atoms with Crippen molar-refractivity contribution in [3.63, 3.8) is 0 Å². The van der Waals surface area contributed by atoms with E-state index < -0.39 is 16.3 Å². The number of rotatable bonds is 6. The Kier molecular flexibility index (Phi) is 6.24. The Morgan fingerprint density at radius 2 is 1.80 bits per heavy atom. The first-order valence-electron chi connectivity index (χ1n) is 3.80. The van der Waals surface area contributed by atoms with Crippen LogP contribution in [0.2, 0.25) is 0 Å². The van der Waals surface area contributed by atoms with E-state index in [9.17, 15) is 0 Å². The summed E-state index contributed by atoms with van der Waals surface area (Å²) >= 11 is 0. The van der Waals surface area contributed by atoms with Gasteiger partial charge in [0.2, 0.25) is 0 Å². The van der Waals surface area contributed by atoms with E-state index in [-0.39, 0.29) is 13.2 Å². The minimum atomic E-state index is -4.73. The van der Waals surface area contributed by atoms with Gasteiger partial charge in [-0.3, -0.25) is 0 Å². The fourth-order valence-electron chi connectivity index (χ4n) is 0.526. The maximum atomic E-state index is 8.95. The van der Waals surface area contributed by atoms with E-state index in [1.54, 1.807) is 6.92 Å². The molecule has 7 N–H and O–H groups in total. The van der Waals surface area contributed by atoms with E-state index in [2.05, 4.69) is 8.83 Å². The first-order chi connectivity index (χ1) is 6.66. The lowest BCUT2D eigenvalue weighted by Crippen LogP contribution is -2.05. The van der Waals surface area contributed by atoms with E-state index in [0.29, 0.717) is 0 Å². The largest absolute Gasteiger partial charge is 0.620 e. The van der Waals surface area contributed by atoms with Crippen molar-refractivity contribution in [2.75, 3.05) is 13.2 Å². The predicted octanol–water partition coefficient (Wildman–Crippen LogP) is -0.759. The zero-order valence-corrected chi connectivity index (χ0v) is 9.80. The molecule has 8 nitrogen and oxygen atoms in total. The van der Waals surface area contributed by atoms with Gasteiger partial charge >= 0.3 is 16.3 Å². The summed E-state index contributed by atoms with van der Waals surface area (Å²) in [5.74, 6) is 0. The first-order valence-corrected chi connectivity index (χ1v) is 6.89. The molecule has 0 rings (SSSR count). The third-order valence-electron chi connectivity index (χ3n) is 1.21. The van der Waals surface area contributed by atoms with E-state index in [1.807, 2.05) is 0 Å². The second-order valence-corrected chi connectivity index (χ2v) is 5.55. The average Bonchev–Trinajstić information content (AvgIpc) is 1.98. The van der Waals surface area contributed by atoms with Crippen molar-refractivity contribution < 1.29 is 33.3 Å². The minimum absolute atomic E-state index is 0.232. The van der Waals surface area contributed by atoms with Gasteiger partial charge in [0.25, 0.3) is 0 Å². The van der Waals surface area contributed by atoms with Crippen LogP contribution in [-0.2, 0) is 8.83 Å². The second-order valence-electron chi connectivity index (χ2n) is 2.64. The predicted molar refractivity (Wildman–Crippen MR) is 54.8 cm³/mol. The average molecular weight is 263 g/mol. The Morgan fingerprint density at radius 3 is 2.20 bits per heavy atom. The smallest absolute Gasteiger partial charge is 0.327 e. The van der Waals surface area contributed by atoms with Crippen LogP contribution in [0.4, 0.5) is 0 Å². The van der Waals surface area contributed by atoms with Gasteiger partial charge in [-0.05, 0) is 6.92 Å². The number of nitrogens with two attached hydrogens (primary N) is 1. The summed E-state index contributed by atoms with van der Waals surface area (Å²) in [6, 6.07) is 0. The lowest BCUT2D eigenvalue weighted by molar-refractivity contribution is 0.144. The molecule has 15 heavy (non-hydrogen) atoms. The molecule has 0 fully saturated rings. The highest BCUT2D eigenvalue weighted by atomic mass is 31.3. The van der Waals surface area contributed by atoms with Gasteiger partial charge in [0.05, 0.1) is 4.31 Å². The maximum Gasteiger partial charge on any atom is 0.620 e. The van der Waals surface area contributed by atoms with Crippen LogP contribution in [-0.4, -0.2) is 37.6 Å². The Hall–Kier alpha value is 0.280. The zero-order chi connectivity index (χ0) is 12.1. The van der Waals surface area contributed by atoms with Crippen LogP contribution in [0, 0.1) is 0 Å². The molecule has 0 aliphatic rings. The summed E-state index contributed by atoms with van der Waals surface area (Å²) in [4.78, 5) is 43.1. The molecule has 0 atom stereocenters. The molecule has 0 heterocycles. The molecule has 0 amide bonds. The fraction of sp³-hybridized carbons (Fsp3) is 0.600. The molecule has 0 radical (unpaired) electrons. The molecule has 0 aliphatic heterocycles. The van der Waals surface area contributed by atoms with Crippen LogP contribution in [0.5, 0.6) is 0 Å². The van der Waals surface area contributed by atoms with Crippen molar-refractivity contribution in [2.24, 2.45) is 5.73 Å². The highest BCUT2D eigenvalue weighted by Crippen LogP contribution is 2.67. The van der Waals surface area contributed by atoms with Gasteiger partial charge in [-0.2, -0.15) is 24.5 Å². The molecular weight excluding hydrogens is 248 g/mol. The zero-order valence-electron chi connectivity index (χ0n) is 8.02. The Balaban J connectivity index is 4.05. The van der Waals surface area contributed by atoms with Gasteiger partial charge in [0.1, 0.15) is 6.61 Å². The summed E-state index contributed by atoms with van der Waals surface area (Å²) in [5, 5.41) is 0. The van der Waals surface area contributed by atoms with Crippen LogP contribution < -0.4 is 5.73 Å². The quantitative estimate of drug-likeness (QED) is 0.271. The van der Waals surface area contributed by atoms with Crippen LogP contribution >= 0.6 is 16.3 Å². The third kappa shape index (κ3) is 9.22. The fourth-order valence-corrected chi connectivity index (χ4v) is 2.13. The van der Waals surface area contributed by atoms with Crippen molar-refractivity contribution in [1.29, 1.82) is 0 Å². The summed E-state index contributed by atoms with van der Waals surface area (Å²) in [6.07, 6.45) is 1.46. The van der Waals surface area contributed by atoms with Gasteiger partial charge in [-0.25, -0.2) is 0 Å². The Labute approximate surface area is 87.9 Å². The third-order valence-corrected chi connectivity index (χ3v) is 3.43. The molecular formula is C5H15NO7P2+2. The lowest BCUT2D eigenvalue weighted by atomic mass is 10.3. The molecule has 0 aliphatic carbocycles.